The zero-order chi connectivity index (χ0) is 12.6. The van der Waals surface area contributed by atoms with Gasteiger partial charge in [0.1, 0.15) is 12.1 Å². The molecule has 4 nitrogen and oxygen atoms in total. The van der Waals surface area contributed by atoms with E-state index in [4.69, 9.17) is 0 Å². The van der Waals surface area contributed by atoms with Crippen molar-refractivity contribution in [2.24, 2.45) is 5.41 Å². The molecule has 1 aliphatic carbocycles. The van der Waals surface area contributed by atoms with Crippen LogP contribution in [0, 0.1) is 5.41 Å². The van der Waals surface area contributed by atoms with Crippen molar-refractivity contribution in [1.82, 2.24) is 15.0 Å². The van der Waals surface area contributed by atoms with Crippen molar-refractivity contribution in [3.8, 4) is 0 Å². The molecule has 0 amide bonds. The molecule has 0 radical (unpaired) electrons. The van der Waals surface area contributed by atoms with E-state index in [1.807, 2.05) is 12.3 Å². The summed E-state index contributed by atoms with van der Waals surface area (Å²) in [6, 6.07) is 2.43. The minimum absolute atomic E-state index is 0.443. The molecule has 3 rings (SSSR count). The summed E-state index contributed by atoms with van der Waals surface area (Å²) < 4.78 is 0. The van der Waals surface area contributed by atoms with Crippen LogP contribution in [0.3, 0.4) is 0 Å². The molecule has 1 aliphatic rings. The van der Waals surface area contributed by atoms with Crippen LogP contribution in [0.5, 0.6) is 0 Å². The van der Waals surface area contributed by atoms with E-state index in [1.165, 1.54) is 19.3 Å². The predicted octanol–water partition coefficient (Wildman–Crippen LogP) is 3.02. The molecule has 0 bridgehead atoms. The molecule has 1 atom stereocenters. The van der Waals surface area contributed by atoms with Gasteiger partial charge in [-0.05, 0) is 30.7 Å². The average molecular weight is 242 g/mol. The van der Waals surface area contributed by atoms with E-state index in [0.717, 1.165) is 16.7 Å². The van der Waals surface area contributed by atoms with Crippen LogP contribution in [-0.4, -0.2) is 21.0 Å². The molecular formula is C14H18N4. The molecule has 1 unspecified atom stereocenters. The highest BCUT2D eigenvalue weighted by Gasteiger charge is 2.31. The maximum Gasteiger partial charge on any atom is 0.139 e. The number of hydrogen-bond donors (Lipinski definition) is 1. The van der Waals surface area contributed by atoms with Crippen molar-refractivity contribution in [1.29, 1.82) is 0 Å². The summed E-state index contributed by atoms with van der Waals surface area (Å²) >= 11 is 0. The van der Waals surface area contributed by atoms with E-state index in [0.29, 0.717) is 11.5 Å². The van der Waals surface area contributed by atoms with Crippen LogP contribution in [0.1, 0.15) is 33.1 Å². The zero-order valence-corrected chi connectivity index (χ0v) is 10.8. The van der Waals surface area contributed by atoms with Gasteiger partial charge in [0, 0.05) is 18.4 Å². The summed E-state index contributed by atoms with van der Waals surface area (Å²) in [5, 5.41) is 4.55. The molecule has 2 aromatic rings. The van der Waals surface area contributed by atoms with Gasteiger partial charge in [-0.1, -0.05) is 13.8 Å². The lowest BCUT2D eigenvalue weighted by Crippen LogP contribution is -2.18. The topological polar surface area (TPSA) is 50.7 Å². The molecule has 0 aromatic carbocycles. The van der Waals surface area contributed by atoms with Crippen molar-refractivity contribution in [2.45, 2.75) is 39.2 Å². The van der Waals surface area contributed by atoms with Gasteiger partial charge in [0.05, 0.1) is 10.9 Å². The van der Waals surface area contributed by atoms with Crippen molar-refractivity contribution in [3.05, 3.63) is 24.8 Å². The second-order valence-corrected chi connectivity index (χ2v) is 5.86. The van der Waals surface area contributed by atoms with Gasteiger partial charge in [-0.25, -0.2) is 9.97 Å². The van der Waals surface area contributed by atoms with Crippen molar-refractivity contribution >= 4 is 16.7 Å². The fraction of sp³-hybridized carbons (Fsp3) is 0.500. The van der Waals surface area contributed by atoms with Gasteiger partial charge >= 0.3 is 0 Å². The van der Waals surface area contributed by atoms with Gasteiger partial charge in [-0.3, -0.25) is 4.98 Å². The third kappa shape index (κ3) is 2.15. The molecule has 0 aliphatic heterocycles. The lowest BCUT2D eigenvalue weighted by molar-refractivity contribution is 0.378. The number of fused-ring (bicyclic) bond motifs is 1. The van der Waals surface area contributed by atoms with Gasteiger partial charge in [0.2, 0.25) is 0 Å². The van der Waals surface area contributed by atoms with Crippen molar-refractivity contribution in [3.63, 3.8) is 0 Å². The Morgan fingerprint density at radius 2 is 2.22 bits per heavy atom. The number of rotatable bonds is 2. The Morgan fingerprint density at radius 3 is 3.00 bits per heavy atom. The van der Waals surface area contributed by atoms with Crippen LogP contribution >= 0.6 is 0 Å². The van der Waals surface area contributed by atoms with E-state index >= 15 is 0 Å². The number of hydrogen-bond acceptors (Lipinski definition) is 4. The van der Waals surface area contributed by atoms with Crippen molar-refractivity contribution < 1.29 is 0 Å². The Labute approximate surface area is 107 Å². The normalized spacial score (nSPS) is 22.2. The Kier molecular flexibility index (Phi) is 2.65. The molecule has 94 valence electrons. The highest BCUT2D eigenvalue weighted by Crippen LogP contribution is 2.38. The van der Waals surface area contributed by atoms with E-state index in [2.05, 4.69) is 34.1 Å². The third-order valence-corrected chi connectivity index (χ3v) is 3.75. The zero-order valence-electron chi connectivity index (χ0n) is 10.8. The van der Waals surface area contributed by atoms with Crippen molar-refractivity contribution in [2.75, 3.05) is 5.32 Å². The van der Waals surface area contributed by atoms with Crippen LogP contribution in [0.4, 0.5) is 5.82 Å². The van der Waals surface area contributed by atoms with Gasteiger partial charge < -0.3 is 5.32 Å². The first-order valence-electron chi connectivity index (χ1n) is 6.45. The first-order chi connectivity index (χ1) is 8.64. The second kappa shape index (κ2) is 4.19. The quantitative estimate of drug-likeness (QED) is 0.879. The second-order valence-electron chi connectivity index (χ2n) is 5.86. The Balaban J connectivity index is 1.87. The molecular weight excluding hydrogens is 224 g/mol. The lowest BCUT2D eigenvalue weighted by Gasteiger charge is -2.18. The summed E-state index contributed by atoms with van der Waals surface area (Å²) in [7, 11) is 0. The highest BCUT2D eigenvalue weighted by atomic mass is 15.0. The van der Waals surface area contributed by atoms with E-state index in [-0.39, 0.29) is 0 Å². The summed E-state index contributed by atoms with van der Waals surface area (Å²) in [4.78, 5) is 12.8. The molecule has 18 heavy (non-hydrogen) atoms. The molecule has 0 saturated heterocycles. The predicted molar refractivity (Wildman–Crippen MR) is 72.4 cm³/mol. The van der Waals surface area contributed by atoms with Gasteiger partial charge in [0.25, 0.3) is 0 Å². The van der Waals surface area contributed by atoms with Gasteiger partial charge in [0.15, 0.2) is 0 Å². The van der Waals surface area contributed by atoms with E-state index < -0.39 is 0 Å². The Hall–Kier alpha value is -1.71. The number of aromatic nitrogens is 3. The fourth-order valence-electron chi connectivity index (χ4n) is 2.77. The Morgan fingerprint density at radius 1 is 1.33 bits per heavy atom. The average Bonchev–Trinajstić information content (AvgIpc) is 2.69. The molecule has 1 saturated carbocycles. The number of pyridine rings is 1. The van der Waals surface area contributed by atoms with Gasteiger partial charge in [-0.2, -0.15) is 0 Å². The highest BCUT2D eigenvalue weighted by molar-refractivity contribution is 5.87. The minimum Gasteiger partial charge on any atom is -0.367 e. The monoisotopic (exact) mass is 242 g/mol. The van der Waals surface area contributed by atoms with E-state index in [1.54, 1.807) is 12.5 Å². The first kappa shape index (κ1) is 11.4. The summed E-state index contributed by atoms with van der Waals surface area (Å²) in [6.07, 6.45) is 8.88. The molecule has 0 spiro atoms. The molecule has 2 heterocycles. The third-order valence-electron chi connectivity index (χ3n) is 3.75. The van der Waals surface area contributed by atoms with Crippen LogP contribution in [0.15, 0.2) is 24.8 Å². The molecule has 1 N–H and O–H groups in total. The summed E-state index contributed by atoms with van der Waals surface area (Å²) in [5.41, 5.74) is 1.39. The largest absolute Gasteiger partial charge is 0.367 e. The fourth-order valence-corrected chi connectivity index (χ4v) is 2.77. The smallest absolute Gasteiger partial charge is 0.139 e. The molecule has 2 aromatic heterocycles. The maximum atomic E-state index is 4.36. The van der Waals surface area contributed by atoms with Crippen LogP contribution in [0.25, 0.3) is 10.9 Å². The van der Waals surface area contributed by atoms with Crippen LogP contribution in [0.2, 0.25) is 0 Å². The number of nitrogens with zero attached hydrogens (tertiary/aromatic N) is 3. The SMILES string of the molecule is CC1(C)CCC(Nc2ncnc3ccncc23)C1. The minimum atomic E-state index is 0.443. The lowest BCUT2D eigenvalue weighted by atomic mass is 9.92. The maximum absolute atomic E-state index is 4.36. The number of anilines is 1. The summed E-state index contributed by atoms with van der Waals surface area (Å²) in [6.45, 7) is 4.66. The van der Waals surface area contributed by atoms with Crippen LogP contribution < -0.4 is 5.32 Å². The van der Waals surface area contributed by atoms with E-state index in [9.17, 15) is 0 Å². The Bertz CT molecular complexity index is 559. The number of nitrogens with one attached hydrogen (secondary N) is 1. The van der Waals surface area contributed by atoms with Crippen LogP contribution in [-0.2, 0) is 0 Å². The summed E-state index contributed by atoms with van der Waals surface area (Å²) in [5.74, 6) is 0.913. The van der Waals surface area contributed by atoms with Gasteiger partial charge in [-0.15, -0.1) is 0 Å². The first-order valence-corrected chi connectivity index (χ1v) is 6.45. The molecule has 4 heteroatoms. The molecule has 1 fully saturated rings. The standard InChI is InChI=1S/C14H18N4/c1-14(2)5-3-10(7-14)18-13-11-8-15-6-4-12(11)16-9-17-13/h4,6,8-10H,3,5,7H2,1-2H3,(H,16,17,18).